The lowest BCUT2D eigenvalue weighted by Gasteiger charge is -2.27. The molecule has 2 saturated carbocycles. The highest BCUT2D eigenvalue weighted by atomic mass is 35.5. The lowest BCUT2D eigenvalue weighted by molar-refractivity contribution is -0.137. The van der Waals surface area contributed by atoms with E-state index in [1.807, 2.05) is 0 Å². The highest BCUT2D eigenvalue weighted by Gasteiger charge is 2.60. The van der Waals surface area contributed by atoms with Gasteiger partial charge in [-0.1, -0.05) is 0 Å². The van der Waals surface area contributed by atoms with Crippen molar-refractivity contribution < 1.29 is 18.3 Å². The number of nitrogens with zero attached hydrogens (tertiary/aromatic N) is 1. The molecule has 2 unspecified atom stereocenters. The first-order valence-electron chi connectivity index (χ1n) is 6.82. The molecule has 2 aliphatic carbocycles. The summed E-state index contributed by atoms with van der Waals surface area (Å²) in [5, 5.41) is 17.7. The minimum atomic E-state index is -4.46. The molecule has 0 radical (unpaired) electrons. The van der Waals surface area contributed by atoms with Gasteiger partial charge in [0, 0.05) is 11.4 Å². The summed E-state index contributed by atoms with van der Waals surface area (Å²) < 4.78 is 39.1. The van der Waals surface area contributed by atoms with Crippen molar-refractivity contribution in [2.75, 3.05) is 0 Å². The van der Waals surface area contributed by atoms with Crippen molar-refractivity contribution >= 4 is 23.3 Å². The number of fused-ring (bicyclic) bond motifs is 2. The fourth-order valence-corrected chi connectivity index (χ4v) is 3.73. The van der Waals surface area contributed by atoms with Crippen molar-refractivity contribution in [3.8, 4) is 0 Å². The van der Waals surface area contributed by atoms with Crippen molar-refractivity contribution in [3.05, 3.63) is 29.5 Å². The maximum absolute atomic E-state index is 13.0. The minimum absolute atomic E-state index is 0. The Morgan fingerprint density at radius 3 is 2.50 bits per heavy atom. The largest absolute Gasteiger partial charge is 0.416 e. The molecule has 1 aromatic carbocycles. The van der Waals surface area contributed by atoms with Gasteiger partial charge in [0.1, 0.15) is 0 Å². The molecular weight excluding hydrogens is 319 g/mol. The van der Waals surface area contributed by atoms with Gasteiger partial charge in [0.2, 0.25) is 0 Å². The van der Waals surface area contributed by atoms with Gasteiger partial charge in [-0.2, -0.15) is 18.3 Å². The first-order chi connectivity index (χ1) is 9.79. The number of alkyl halides is 3. The number of aromatic amines is 1. The molecule has 0 aliphatic heterocycles. The standard InChI is InChI=1S/C14H14F3N3O.ClH/c15-14(16,17)6-1-10(9-5-19-20-11(9)2-6)13(21)3-7-8(4-13)12(7)18;/h1-2,5,7-8,12,21H,3-4,18H2,(H,19,20);1H/t7-,8+,12?,13?;. The van der Waals surface area contributed by atoms with Crippen LogP contribution in [0.4, 0.5) is 13.2 Å². The molecule has 4 rings (SSSR count). The Morgan fingerprint density at radius 1 is 1.27 bits per heavy atom. The highest BCUT2D eigenvalue weighted by molar-refractivity contribution is 5.85. The Bertz CT molecular complexity index is 718. The number of H-pyrrole nitrogens is 1. The lowest BCUT2D eigenvalue weighted by Crippen LogP contribution is -2.28. The summed E-state index contributed by atoms with van der Waals surface area (Å²) in [6, 6.07) is 2.15. The molecule has 1 aromatic heterocycles. The van der Waals surface area contributed by atoms with Crippen LogP contribution in [0.2, 0.25) is 0 Å². The van der Waals surface area contributed by atoms with Crippen LogP contribution in [0.15, 0.2) is 18.3 Å². The molecule has 0 saturated heterocycles. The van der Waals surface area contributed by atoms with Gasteiger partial charge in [0.25, 0.3) is 0 Å². The first-order valence-corrected chi connectivity index (χ1v) is 6.82. The SMILES string of the molecule is Cl.NC1[C@H]2CC(O)(c3cc(C(F)(F)F)cc4[nH]ncc34)C[C@@H]12. The molecule has 0 bridgehead atoms. The average Bonchev–Trinajstić information content (AvgIpc) is 2.86. The first kappa shape index (κ1) is 15.6. The normalized spacial score (nSPS) is 33.6. The number of benzene rings is 1. The fourth-order valence-electron chi connectivity index (χ4n) is 3.73. The third-order valence-electron chi connectivity index (χ3n) is 4.93. The summed E-state index contributed by atoms with van der Waals surface area (Å²) in [5.41, 5.74) is 4.44. The van der Waals surface area contributed by atoms with E-state index in [2.05, 4.69) is 10.2 Å². The molecule has 2 aliphatic rings. The van der Waals surface area contributed by atoms with Gasteiger partial charge in [-0.15, -0.1) is 12.4 Å². The number of rotatable bonds is 1. The van der Waals surface area contributed by atoms with Crippen LogP contribution in [-0.4, -0.2) is 21.3 Å². The summed E-state index contributed by atoms with van der Waals surface area (Å²) in [6.45, 7) is 0. The zero-order valence-electron chi connectivity index (χ0n) is 11.4. The molecule has 2 aromatic rings. The van der Waals surface area contributed by atoms with E-state index < -0.39 is 17.3 Å². The number of nitrogens with two attached hydrogens (primary N) is 1. The van der Waals surface area contributed by atoms with Crippen molar-refractivity contribution in [2.24, 2.45) is 17.6 Å². The summed E-state index contributed by atoms with van der Waals surface area (Å²) in [7, 11) is 0. The van der Waals surface area contributed by atoms with Gasteiger partial charge in [-0.25, -0.2) is 0 Å². The highest BCUT2D eigenvalue weighted by Crippen LogP contribution is 2.59. The predicted molar refractivity (Wildman–Crippen MR) is 76.4 cm³/mol. The van der Waals surface area contributed by atoms with Crippen LogP contribution in [-0.2, 0) is 11.8 Å². The van der Waals surface area contributed by atoms with Crippen molar-refractivity contribution in [1.82, 2.24) is 10.2 Å². The molecule has 4 nitrogen and oxygen atoms in total. The number of nitrogens with one attached hydrogen (secondary N) is 1. The van der Waals surface area contributed by atoms with Crippen LogP contribution in [0.1, 0.15) is 24.0 Å². The van der Waals surface area contributed by atoms with Crippen molar-refractivity contribution in [1.29, 1.82) is 0 Å². The summed E-state index contributed by atoms with van der Waals surface area (Å²) >= 11 is 0. The van der Waals surface area contributed by atoms with E-state index in [0.717, 1.165) is 12.1 Å². The monoisotopic (exact) mass is 333 g/mol. The third-order valence-corrected chi connectivity index (χ3v) is 4.93. The summed E-state index contributed by atoms with van der Waals surface area (Å²) in [5.74, 6) is 0.429. The van der Waals surface area contributed by atoms with Crippen LogP contribution in [0.3, 0.4) is 0 Å². The Morgan fingerprint density at radius 2 is 1.91 bits per heavy atom. The average molecular weight is 334 g/mol. The van der Waals surface area contributed by atoms with Crippen LogP contribution in [0.5, 0.6) is 0 Å². The summed E-state index contributed by atoms with van der Waals surface area (Å²) in [4.78, 5) is 0. The Labute approximate surface area is 130 Å². The van der Waals surface area contributed by atoms with E-state index in [1.54, 1.807) is 0 Å². The van der Waals surface area contributed by atoms with Gasteiger partial charge in [0.15, 0.2) is 0 Å². The molecular formula is C14H15ClF3N3O. The second kappa shape index (κ2) is 4.59. The second-order valence-electron chi connectivity index (χ2n) is 6.20. The molecule has 2 fully saturated rings. The van der Waals surface area contributed by atoms with Crippen molar-refractivity contribution in [3.63, 3.8) is 0 Å². The molecule has 4 atom stereocenters. The van der Waals surface area contributed by atoms with E-state index in [1.165, 1.54) is 6.20 Å². The van der Waals surface area contributed by atoms with E-state index in [4.69, 9.17) is 5.73 Å². The molecule has 0 spiro atoms. The molecule has 120 valence electrons. The number of hydrogen-bond donors (Lipinski definition) is 3. The number of aromatic nitrogens is 2. The smallest absolute Gasteiger partial charge is 0.385 e. The number of aliphatic hydroxyl groups is 1. The van der Waals surface area contributed by atoms with Crippen molar-refractivity contribution in [2.45, 2.75) is 30.7 Å². The minimum Gasteiger partial charge on any atom is -0.385 e. The summed E-state index contributed by atoms with van der Waals surface area (Å²) in [6.07, 6.45) is -2.16. The van der Waals surface area contributed by atoms with Gasteiger partial charge in [-0.3, -0.25) is 5.10 Å². The third kappa shape index (κ3) is 2.11. The van der Waals surface area contributed by atoms with E-state index in [0.29, 0.717) is 23.8 Å². The predicted octanol–water partition coefficient (Wildman–Crippen LogP) is 2.56. The van der Waals surface area contributed by atoms with E-state index in [9.17, 15) is 18.3 Å². The quantitative estimate of drug-likeness (QED) is 0.751. The van der Waals surface area contributed by atoms with Crippen LogP contribution < -0.4 is 5.73 Å². The maximum atomic E-state index is 13.0. The Hall–Kier alpha value is -1.31. The van der Waals surface area contributed by atoms with Crippen LogP contribution in [0.25, 0.3) is 10.9 Å². The lowest BCUT2D eigenvalue weighted by atomic mass is 9.85. The second-order valence-corrected chi connectivity index (χ2v) is 6.20. The maximum Gasteiger partial charge on any atom is 0.416 e. The molecule has 8 heteroatoms. The Kier molecular flexibility index (Phi) is 3.25. The Balaban J connectivity index is 0.00000144. The zero-order chi connectivity index (χ0) is 15.0. The van der Waals surface area contributed by atoms with Crippen LogP contribution in [0, 0.1) is 11.8 Å². The van der Waals surface area contributed by atoms with Crippen LogP contribution >= 0.6 is 12.4 Å². The van der Waals surface area contributed by atoms with Gasteiger partial charge in [0.05, 0.1) is 22.9 Å². The van der Waals surface area contributed by atoms with E-state index in [-0.39, 0.29) is 35.8 Å². The van der Waals surface area contributed by atoms with Gasteiger partial charge < -0.3 is 10.8 Å². The number of halogens is 4. The number of hydrogen-bond acceptors (Lipinski definition) is 3. The molecule has 0 amide bonds. The molecule has 4 N–H and O–H groups in total. The van der Waals surface area contributed by atoms with Gasteiger partial charge >= 0.3 is 6.18 Å². The fraction of sp³-hybridized carbons (Fsp3) is 0.500. The molecule has 22 heavy (non-hydrogen) atoms. The van der Waals surface area contributed by atoms with Gasteiger partial charge in [-0.05, 0) is 42.4 Å². The topological polar surface area (TPSA) is 74.9 Å². The molecule has 1 heterocycles. The van der Waals surface area contributed by atoms with E-state index >= 15 is 0 Å². The zero-order valence-corrected chi connectivity index (χ0v) is 12.2.